The lowest BCUT2D eigenvalue weighted by Gasteiger charge is -2.46. The number of aliphatic hydroxyl groups excluding tert-OH is 6. The van der Waals surface area contributed by atoms with E-state index in [0.29, 0.717) is 0 Å². The summed E-state index contributed by atoms with van der Waals surface area (Å²) in [4.78, 5) is 22.9. The van der Waals surface area contributed by atoms with E-state index in [-0.39, 0.29) is 0 Å². The first-order valence-corrected chi connectivity index (χ1v) is 8.85. The number of ether oxygens (including phenoxy) is 5. The number of hydrogen-bond donors (Lipinski definition) is 6. The molecule has 0 aromatic rings. The van der Waals surface area contributed by atoms with Gasteiger partial charge in [-0.25, -0.2) is 0 Å². The number of carbonyl (C=O) groups is 2. The molecule has 2 rings (SSSR count). The Hall–Kier alpha value is -1.42. The number of carbonyl (C=O) groups excluding carboxylic acids is 2. The average molecular weight is 426 g/mol. The quantitative estimate of drug-likeness (QED) is 0.223. The van der Waals surface area contributed by atoms with Gasteiger partial charge in [0.1, 0.15) is 36.6 Å². The van der Waals surface area contributed by atoms with Crippen molar-refractivity contribution < 1.29 is 63.9 Å². The highest BCUT2D eigenvalue weighted by Gasteiger charge is 2.53. The zero-order valence-electron chi connectivity index (χ0n) is 15.7. The van der Waals surface area contributed by atoms with Crippen LogP contribution in [-0.2, 0) is 33.3 Å². The predicted molar refractivity (Wildman–Crippen MR) is 87.7 cm³/mol. The SMILES string of the molecule is CC(=O)O[C@@H]1[C@@H](OC(C)=O)[C@@H](O)O[C@H](CO)[C@H]1O[C@@H]1O[C@H](CO)[C@H](O)[C@H](O)[C@H]1O. The molecule has 6 N–H and O–H groups in total. The number of esters is 2. The molecule has 29 heavy (non-hydrogen) atoms. The van der Waals surface area contributed by atoms with Gasteiger partial charge < -0.3 is 54.3 Å². The summed E-state index contributed by atoms with van der Waals surface area (Å²) in [5, 5.41) is 58.9. The van der Waals surface area contributed by atoms with Crippen LogP contribution in [0.1, 0.15) is 13.8 Å². The second-order valence-corrected chi connectivity index (χ2v) is 6.69. The molecule has 0 aliphatic carbocycles. The molecule has 0 unspecified atom stereocenters. The highest BCUT2D eigenvalue weighted by atomic mass is 16.7. The molecule has 0 saturated carbocycles. The summed E-state index contributed by atoms with van der Waals surface area (Å²) < 4.78 is 26.0. The van der Waals surface area contributed by atoms with Crippen molar-refractivity contribution in [2.45, 2.75) is 75.3 Å². The number of rotatable bonds is 6. The molecule has 13 nitrogen and oxygen atoms in total. The second kappa shape index (κ2) is 10.1. The van der Waals surface area contributed by atoms with Crippen molar-refractivity contribution in [1.82, 2.24) is 0 Å². The van der Waals surface area contributed by atoms with E-state index in [9.17, 15) is 40.2 Å². The molecule has 2 aliphatic rings. The summed E-state index contributed by atoms with van der Waals surface area (Å²) in [5.74, 6) is -1.66. The molecule has 2 fully saturated rings. The number of aliphatic hydroxyl groups is 6. The van der Waals surface area contributed by atoms with Crippen molar-refractivity contribution in [1.29, 1.82) is 0 Å². The average Bonchev–Trinajstić information content (AvgIpc) is 2.65. The molecule has 0 spiro atoms. The zero-order valence-corrected chi connectivity index (χ0v) is 15.7. The first kappa shape index (κ1) is 23.9. The van der Waals surface area contributed by atoms with Gasteiger partial charge in [0.15, 0.2) is 24.8 Å². The van der Waals surface area contributed by atoms with Crippen LogP contribution in [0.4, 0.5) is 0 Å². The van der Waals surface area contributed by atoms with Crippen LogP contribution in [0.15, 0.2) is 0 Å². The standard InChI is InChI=1S/C16H26O13/c1-5(19)25-13-12(8(4-18)27-15(24)14(13)26-6(2)20)29-16-11(23)10(22)9(21)7(3-17)28-16/h7-18,21-24H,3-4H2,1-2H3/t7-,8-,9+,10+,11-,12-,13+,14-,15+,16+/m1/s1. The van der Waals surface area contributed by atoms with Crippen molar-refractivity contribution in [3.8, 4) is 0 Å². The molecular weight excluding hydrogens is 400 g/mol. The minimum Gasteiger partial charge on any atom is -0.455 e. The highest BCUT2D eigenvalue weighted by Crippen LogP contribution is 2.31. The van der Waals surface area contributed by atoms with E-state index in [1.165, 1.54) is 0 Å². The third-order valence-electron chi connectivity index (χ3n) is 4.53. The summed E-state index contributed by atoms with van der Waals surface area (Å²) in [5.41, 5.74) is 0. The summed E-state index contributed by atoms with van der Waals surface area (Å²) >= 11 is 0. The minimum atomic E-state index is -1.79. The van der Waals surface area contributed by atoms with Gasteiger partial charge in [0.25, 0.3) is 0 Å². The molecule has 0 aromatic heterocycles. The maximum atomic E-state index is 11.6. The van der Waals surface area contributed by atoms with Gasteiger partial charge in [-0.15, -0.1) is 0 Å². The largest absolute Gasteiger partial charge is 0.455 e. The molecule has 10 atom stereocenters. The van der Waals surface area contributed by atoms with Crippen LogP contribution in [0.3, 0.4) is 0 Å². The number of hydrogen-bond acceptors (Lipinski definition) is 13. The Morgan fingerprint density at radius 3 is 1.83 bits per heavy atom. The van der Waals surface area contributed by atoms with Gasteiger partial charge >= 0.3 is 11.9 Å². The van der Waals surface area contributed by atoms with Crippen molar-refractivity contribution >= 4 is 11.9 Å². The fraction of sp³-hybridized carbons (Fsp3) is 0.875. The van der Waals surface area contributed by atoms with Crippen LogP contribution in [0.25, 0.3) is 0 Å². The molecule has 0 aromatic carbocycles. The van der Waals surface area contributed by atoms with Gasteiger partial charge in [-0.2, -0.15) is 0 Å². The molecule has 0 radical (unpaired) electrons. The van der Waals surface area contributed by atoms with Crippen LogP contribution in [0, 0.1) is 0 Å². The van der Waals surface area contributed by atoms with Gasteiger partial charge in [0.2, 0.25) is 0 Å². The van der Waals surface area contributed by atoms with E-state index < -0.39 is 86.6 Å². The molecule has 2 saturated heterocycles. The van der Waals surface area contributed by atoms with Crippen molar-refractivity contribution in [3.05, 3.63) is 0 Å². The smallest absolute Gasteiger partial charge is 0.303 e. The van der Waals surface area contributed by atoms with Crippen molar-refractivity contribution in [2.24, 2.45) is 0 Å². The highest BCUT2D eigenvalue weighted by molar-refractivity contribution is 5.67. The summed E-state index contributed by atoms with van der Waals surface area (Å²) in [6.07, 6.45) is -15.6. The lowest BCUT2D eigenvalue weighted by molar-refractivity contribution is -0.356. The Labute approximate surface area is 165 Å². The molecular formula is C16H26O13. The maximum absolute atomic E-state index is 11.6. The zero-order chi connectivity index (χ0) is 21.9. The summed E-state index contributed by atoms with van der Waals surface area (Å²) in [6.45, 7) is 0.649. The molecule has 13 heteroatoms. The minimum absolute atomic E-state index is 0.711. The maximum Gasteiger partial charge on any atom is 0.303 e. The Balaban J connectivity index is 2.31. The Bertz CT molecular complexity index is 569. The van der Waals surface area contributed by atoms with Gasteiger partial charge in [-0.05, 0) is 0 Å². The monoisotopic (exact) mass is 426 g/mol. The van der Waals surface area contributed by atoms with E-state index in [1.54, 1.807) is 0 Å². The Morgan fingerprint density at radius 1 is 0.759 bits per heavy atom. The third-order valence-corrected chi connectivity index (χ3v) is 4.53. The first-order valence-electron chi connectivity index (χ1n) is 8.85. The van der Waals surface area contributed by atoms with E-state index in [2.05, 4.69) is 0 Å². The lowest BCUT2D eigenvalue weighted by atomic mass is 9.96. The topological polar surface area (TPSA) is 202 Å². The predicted octanol–water partition coefficient (Wildman–Crippen LogP) is -4.26. The van der Waals surface area contributed by atoms with Crippen LogP contribution >= 0.6 is 0 Å². The molecule has 0 amide bonds. The normalized spacial score (nSPS) is 42.9. The van der Waals surface area contributed by atoms with Crippen molar-refractivity contribution in [2.75, 3.05) is 13.2 Å². The van der Waals surface area contributed by atoms with Gasteiger partial charge in [0.05, 0.1) is 13.2 Å². The van der Waals surface area contributed by atoms with Crippen molar-refractivity contribution in [3.63, 3.8) is 0 Å². The molecule has 0 bridgehead atoms. The van der Waals surface area contributed by atoms with Crippen LogP contribution in [0.5, 0.6) is 0 Å². The Kier molecular flexibility index (Phi) is 8.28. The first-order chi connectivity index (χ1) is 13.6. The fourth-order valence-electron chi connectivity index (χ4n) is 3.18. The van der Waals surface area contributed by atoms with E-state index in [1.807, 2.05) is 0 Å². The summed E-state index contributed by atoms with van der Waals surface area (Å²) in [7, 11) is 0. The fourth-order valence-corrected chi connectivity index (χ4v) is 3.18. The Morgan fingerprint density at radius 2 is 1.31 bits per heavy atom. The molecule has 2 aliphatic heterocycles. The van der Waals surface area contributed by atoms with E-state index in [0.717, 1.165) is 13.8 Å². The molecule has 168 valence electrons. The van der Waals surface area contributed by atoms with Gasteiger partial charge in [-0.1, -0.05) is 0 Å². The van der Waals surface area contributed by atoms with E-state index >= 15 is 0 Å². The van der Waals surface area contributed by atoms with Crippen LogP contribution < -0.4 is 0 Å². The van der Waals surface area contributed by atoms with Gasteiger partial charge in [-0.3, -0.25) is 9.59 Å². The molecule has 2 heterocycles. The third kappa shape index (κ3) is 5.39. The lowest BCUT2D eigenvalue weighted by Crippen LogP contribution is -2.65. The second-order valence-electron chi connectivity index (χ2n) is 6.69. The van der Waals surface area contributed by atoms with Crippen LogP contribution in [0.2, 0.25) is 0 Å². The van der Waals surface area contributed by atoms with Gasteiger partial charge in [0, 0.05) is 13.8 Å². The van der Waals surface area contributed by atoms with Crippen LogP contribution in [-0.4, -0.2) is 117 Å². The summed E-state index contributed by atoms with van der Waals surface area (Å²) in [6, 6.07) is 0. The van der Waals surface area contributed by atoms with E-state index in [4.69, 9.17) is 23.7 Å².